The van der Waals surface area contributed by atoms with Crippen LogP contribution in [0.25, 0.3) is 5.57 Å². The van der Waals surface area contributed by atoms with Gasteiger partial charge in [-0.1, -0.05) is 85.3 Å². The summed E-state index contributed by atoms with van der Waals surface area (Å²) in [5, 5.41) is 3.30. The van der Waals surface area contributed by atoms with E-state index in [1.165, 1.54) is 10.4 Å². The lowest BCUT2D eigenvalue weighted by Crippen LogP contribution is -2.42. The van der Waals surface area contributed by atoms with Gasteiger partial charge >= 0.3 is 0 Å². The van der Waals surface area contributed by atoms with E-state index in [-0.39, 0.29) is 23.9 Å². The lowest BCUT2D eigenvalue weighted by Gasteiger charge is -2.33. The largest absolute Gasteiger partial charge is 0.351 e. The zero-order chi connectivity index (χ0) is 24.3. The third-order valence-corrected chi connectivity index (χ3v) is 7.84. The Balaban J connectivity index is 1.85. The van der Waals surface area contributed by atoms with E-state index in [0.29, 0.717) is 27.4 Å². The molecule has 0 fully saturated rings. The highest BCUT2D eigenvalue weighted by atomic mass is 35.5. The molecule has 0 unspecified atom stereocenters. The van der Waals surface area contributed by atoms with Crippen molar-refractivity contribution in [2.75, 3.05) is 17.4 Å². The van der Waals surface area contributed by atoms with Gasteiger partial charge < -0.3 is 5.32 Å². The number of nitrogens with zero attached hydrogens (tertiary/aromatic N) is 1. The molecular weight excluding hydrogens is 468 g/mol. The number of carbonyl (C=O) groups is 1. The summed E-state index contributed by atoms with van der Waals surface area (Å²) >= 11 is 6.31. The zero-order valence-corrected chi connectivity index (χ0v) is 20.3. The van der Waals surface area contributed by atoms with E-state index in [4.69, 9.17) is 11.6 Å². The predicted molar refractivity (Wildman–Crippen MR) is 138 cm³/mol. The number of benzene rings is 3. The van der Waals surface area contributed by atoms with Crippen molar-refractivity contribution < 1.29 is 13.2 Å². The molecule has 1 amide bonds. The first-order valence-electron chi connectivity index (χ1n) is 10.9. The number of rotatable bonds is 7. The van der Waals surface area contributed by atoms with Crippen LogP contribution in [0.4, 0.5) is 5.69 Å². The maximum absolute atomic E-state index is 13.8. The lowest BCUT2D eigenvalue weighted by atomic mass is 9.95. The quantitative estimate of drug-likeness (QED) is 0.452. The molecule has 1 atom stereocenters. The van der Waals surface area contributed by atoms with Gasteiger partial charge in [-0.15, -0.1) is 6.58 Å². The number of carbonyl (C=O) groups excluding carboxylic acids is 1. The molecule has 3 aromatic carbocycles. The molecule has 34 heavy (non-hydrogen) atoms. The fourth-order valence-electron chi connectivity index (χ4n) is 4.08. The van der Waals surface area contributed by atoms with E-state index < -0.39 is 15.9 Å². The normalized spacial score (nSPS) is 15.4. The van der Waals surface area contributed by atoms with E-state index in [1.54, 1.807) is 30.3 Å². The number of hydrogen-bond donors (Lipinski definition) is 1. The van der Waals surface area contributed by atoms with E-state index in [0.717, 1.165) is 5.56 Å². The fourth-order valence-corrected chi connectivity index (χ4v) is 5.98. The van der Waals surface area contributed by atoms with Crippen LogP contribution in [0.1, 0.15) is 29.5 Å². The van der Waals surface area contributed by atoms with E-state index in [9.17, 15) is 13.2 Å². The number of sulfonamides is 1. The highest BCUT2D eigenvalue weighted by Gasteiger charge is 2.41. The fraction of sp³-hybridized carbons (Fsp3) is 0.148. The van der Waals surface area contributed by atoms with Crippen LogP contribution in [-0.4, -0.2) is 27.4 Å². The topological polar surface area (TPSA) is 66.5 Å². The van der Waals surface area contributed by atoms with Gasteiger partial charge in [-0.25, -0.2) is 8.42 Å². The Kier molecular flexibility index (Phi) is 6.91. The number of amides is 1. The van der Waals surface area contributed by atoms with Crippen LogP contribution in [-0.2, 0) is 14.8 Å². The lowest BCUT2D eigenvalue weighted by molar-refractivity contribution is -0.116. The van der Waals surface area contributed by atoms with Gasteiger partial charge in [0, 0.05) is 22.7 Å². The third-order valence-electron chi connectivity index (χ3n) is 5.77. The summed E-state index contributed by atoms with van der Waals surface area (Å²) in [6, 6.07) is 23.8. The van der Waals surface area contributed by atoms with Crippen molar-refractivity contribution in [1.29, 1.82) is 0 Å². The molecule has 174 valence electrons. The van der Waals surface area contributed by atoms with Gasteiger partial charge in [0.05, 0.1) is 12.2 Å². The molecule has 1 aliphatic heterocycles. The maximum atomic E-state index is 13.8. The van der Waals surface area contributed by atoms with Gasteiger partial charge in [-0.3, -0.25) is 9.10 Å². The molecule has 0 saturated carbocycles. The summed E-state index contributed by atoms with van der Waals surface area (Å²) < 4.78 is 28.8. The van der Waals surface area contributed by atoms with Crippen LogP contribution >= 0.6 is 11.6 Å². The Morgan fingerprint density at radius 2 is 1.71 bits per heavy atom. The highest BCUT2D eigenvalue weighted by molar-refractivity contribution is 7.97. The molecule has 0 aliphatic carbocycles. The van der Waals surface area contributed by atoms with Crippen LogP contribution in [0, 0.1) is 0 Å². The van der Waals surface area contributed by atoms with Crippen molar-refractivity contribution in [3.63, 3.8) is 0 Å². The molecule has 0 bridgehead atoms. The Morgan fingerprint density at radius 3 is 2.35 bits per heavy atom. The number of anilines is 1. The number of nitrogens with one attached hydrogen (secondary N) is 1. The molecule has 0 saturated heterocycles. The van der Waals surface area contributed by atoms with Gasteiger partial charge in [0.25, 0.3) is 15.9 Å². The van der Waals surface area contributed by atoms with Crippen molar-refractivity contribution in [1.82, 2.24) is 5.32 Å². The summed E-state index contributed by atoms with van der Waals surface area (Å²) in [4.78, 5) is 13.2. The van der Waals surface area contributed by atoms with Gasteiger partial charge in [0.2, 0.25) is 0 Å². The summed E-state index contributed by atoms with van der Waals surface area (Å²) in [5.74, 6) is -0.649. The second-order valence-electron chi connectivity index (χ2n) is 8.08. The Bertz CT molecular complexity index is 1350. The zero-order valence-electron chi connectivity index (χ0n) is 18.7. The molecule has 5 nitrogen and oxygen atoms in total. The second kappa shape index (κ2) is 9.87. The molecule has 1 heterocycles. The van der Waals surface area contributed by atoms with Crippen LogP contribution in [0.15, 0.2) is 96.4 Å². The minimum atomic E-state index is -4.18. The minimum absolute atomic E-state index is 0.00299. The summed E-state index contributed by atoms with van der Waals surface area (Å²) in [5.41, 5.74) is 3.04. The van der Waals surface area contributed by atoms with Gasteiger partial charge in [0.1, 0.15) is 0 Å². The molecule has 1 aliphatic rings. The standard InChI is InChI=1S/C27H25ClN2O3S/c1-3-16-30-24-15-14-22(28)17-23(24)25(21-12-8-5-9-13-21)26(34(30,32)33)27(31)29-18-19(2)20-10-6-4-7-11-20/h3-15,17,19H,1,16,18H2,2H3,(H,29,31)/t19-/m0/s1. The molecule has 4 rings (SSSR count). The summed E-state index contributed by atoms with van der Waals surface area (Å²) in [6.07, 6.45) is 1.50. The Labute approximate surface area is 205 Å². The highest BCUT2D eigenvalue weighted by Crippen LogP contribution is 2.43. The van der Waals surface area contributed by atoms with Crippen molar-refractivity contribution in [2.24, 2.45) is 0 Å². The first-order valence-corrected chi connectivity index (χ1v) is 12.7. The molecular formula is C27H25ClN2O3S. The number of halogens is 1. The van der Waals surface area contributed by atoms with Crippen molar-refractivity contribution in [3.05, 3.63) is 118 Å². The summed E-state index contributed by atoms with van der Waals surface area (Å²) in [6.45, 7) is 5.99. The maximum Gasteiger partial charge on any atom is 0.270 e. The van der Waals surface area contributed by atoms with Crippen LogP contribution in [0.5, 0.6) is 0 Å². The van der Waals surface area contributed by atoms with Gasteiger partial charge in [-0.2, -0.15) is 0 Å². The van der Waals surface area contributed by atoms with E-state index >= 15 is 0 Å². The SMILES string of the molecule is C=CCN1c2ccc(Cl)cc2C(c2ccccc2)=C(C(=O)NC[C@H](C)c2ccccc2)S1(=O)=O. The monoisotopic (exact) mass is 492 g/mol. The molecule has 0 aromatic heterocycles. The third kappa shape index (κ3) is 4.52. The number of fused-ring (bicyclic) bond motifs is 1. The first-order chi connectivity index (χ1) is 16.3. The minimum Gasteiger partial charge on any atom is -0.351 e. The number of hydrogen-bond acceptors (Lipinski definition) is 3. The van der Waals surface area contributed by atoms with Crippen molar-refractivity contribution in [3.8, 4) is 0 Å². The van der Waals surface area contributed by atoms with Crippen LogP contribution in [0.3, 0.4) is 0 Å². The molecule has 3 aromatic rings. The van der Waals surface area contributed by atoms with E-state index in [1.807, 2.05) is 55.5 Å². The van der Waals surface area contributed by atoms with Crippen molar-refractivity contribution >= 4 is 38.8 Å². The van der Waals surface area contributed by atoms with Gasteiger partial charge in [0.15, 0.2) is 4.91 Å². The van der Waals surface area contributed by atoms with Crippen LogP contribution in [0.2, 0.25) is 5.02 Å². The summed E-state index contributed by atoms with van der Waals surface area (Å²) in [7, 11) is -4.18. The average Bonchev–Trinajstić information content (AvgIpc) is 2.84. The van der Waals surface area contributed by atoms with E-state index in [2.05, 4.69) is 11.9 Å². The predicted octanol–water partition coefficient (Wildman–Crippen LogP) is 5.36. The molecule has 0 radical (unpaired) electrons. The van der Waals surface area contributed by atoms with Crippen molar-refractivity contribution in [2.45, 2.75) is 12.8 Å². The Morgan fingerprint density at radius 1 is 1.06 bits per heavy atom. The Hall–Kier alpha value is -3.35. The molecule has 0 spiro atoms. The van der Waals surface area contributed by atoms with Crippen LogP contribution < -0.4 is 9.62 Å². The molecule has 7 heteroatoms. The smallest absolute Gasteiger partial charge is 0.270 e. The first kappa shape index (κ1) is 23.8. The second-order valence-corrected chi connectivity index (χ2v) is 10.3. The molecule has 1 N–H and O–H groups in total. The van der Waals surface area contributed by atoms with Gasteiger partial charge in [-0.05, 0) is 35.2 Å². The average molecular weight is 493 g/mol.